The van der Waals surface area contributed by atoms with E-state index in [4.69, 9.17) is 4.98 Å². The van der Waals surface area contributed by atoms with E-state index in [2.05, 4.69) is 103 Å². The van der Waals surface area contributed by atoms with Gasteiger partial charge < -0.3 is 0 Å². The minimum Gasteiger partial charge on any atom is -0.248 e. The molecule has 6 rings (SSSR count). The fourth-order valence-corrected chi connectivity index (χ4v) is 8.09. The average Bonchev–Trinajstić information content (AvgIpc) is 2.82. The van der Waals surface area contributed by atoms with Crippen molar-refractivity contribution in [3.63, 3.8) is 0 Å². The summed E-state index contributed by atoms with van der Waals surface area (Å²) in [6.45, 7) is 0. The van der Waals surface area contributed by atoms with Gasteiger partial charge in [0.1, 0.15) is 0 Å². The van der Waals surface area contributed by atoms with Crippen LogP contribution in [0.5, 0.6) is 0 Å². The van der Waals surface area contributed by atoms with E-state index < -0.39 is 7.92 Å². The van der Waals surface area contributed by atoms with Crippen LogP contribution in [0.15, 0.2) is 119 Å². The Labute approximate surface area is 181 Å². The third-order valence-electron chi connectivity index (χ3n) is 5.43. The second kappa shape index (κ2) is 7.40. The van der Waals surface area contributed by atoms with Crippen molar-refractivity contribution in [3.05, 3.63) is 109 Å². The fourth-order valence-electron chi connectivity index (χ4n) is 4.01. The third-order valence-corrected chi connectivity index (χ3v) is 9.42. The van der Waals surface area contributed by atoms with Gasteiger partial charge in [0.25, 0.3) is 0 Å². The predicted octanol–water partition coefficient (Wildman–Crippen LogP) is 6.12. The van der Waals surface area contributed by atoms with Gasteiger partial charge in [0.05, 0.1) is 11.2 Å². The lowest BCUT2D eigenvalue weighted by molar-refractivity contribution is 1.40. The molecule has 30 heavy (non-hydrogen) atoms. The van der Waals surface area contributed by atoms with E-state index in [1.807, 2.05) is 17.8 Å². The van der Waals surface area contributed by atoms with Crippen LogP contribution in [0.4, 0.5) is 0 Å². The highest BCUT2D eigenvalue weighted by atomic mass is 32.2. The zero-order valence-electron chi connectivity index (χ0n) is 16.2. The molecule has 0 radical (unpaired) electrons. The Bertz CT molecular complexity index is 1350. The molecule has 0 atom stereocenters. The normalized spacial score (nSPS) is 13.1. The number of rotatable bonds is 2. The summed E-state index contributed by atoms with van der Waals surface area (Å²) in [5, 5.41) is 5.44. The summed E-state index contributed by atoms with van der Waals surface area (Å²) < 4.78 is 0. The number of benzene rings is 4. The lowest BCUT2D eigenvalue weighted by atomic mass is 10.1. The molecule has 0 saturated carbocycles. The molecule has 0 bridgehead atoms. The minimum atomic E-state index is -0.588. The molecule has 142 valence electrons. The van der Waals surface area contributed by atoms with E-state index in [0.717, 1.165) is 11.2 Å². The number of fused-ring (bicyclic) bond motifs is 3. The highest BCUT2D eigenvalue weighted by Gasteiger charge is 2.27. The molecule has 0 unspecified atom stereocenters. The van der Waals surface area contributed by atoms with Crippen molar-refractivity contribution >= 4 is 46.5 Å². The summed E-state index contributed by atoms with van der Waals surface area (Å²) in [4.78, 5) is 7.67. The molecule has 0 amide bonds. The van der Waals surface area contributed by atoms with Crippen molar-refractivity contribution < 1.29 is 0 Å². The molecule has 1 aliphatic heterocycles. The van der Waals surface area contributed by atoms with Gasteiger partial charge in [-0.2, -0.15) is 0 Å². The van der Waals surface area contributed by atoms with E-state index >= 15 is 0 Å². The van der Waals surface area contributed by atoms with E-state index in [1.165, 1.54) is 36.7 Å². The van der Waals surface area contributed by atoms with Gasteiger partial charge in [0, 0.05) is 20.7 Å². The summed E-state index contributed by atoms with van der Waals surface area (Å²) in [6, 6.07) is 39.3. The van der Waals surface area contributed by atoms with Crippen LogP contribution >= 0.6 is 19.7 Å². The first kappa shape index (κ1) is 17.9. The van der Waals surface area contributed by atoms with Crippen LogP contribution in [-0.4, -0.2) is 4.98 Å². The largest absolute Gasteiger partial charge is 0.248 e. The first-order valence-corrected chi connectivity index (χ1v) is 12.1. The van der Waals surface area contributed by atoms with Crippen molar-refractivity contribution in [3.8, 4) is 11.3 Å². The van der Waals surface area contributed by atoms with Gasteiger partial charge in [0.2, 0.25) is 0 Å². The van der Waals surface area contributed by atoms with Crippen LogP contribution in [0.2, 0.25) is 0 Å². The first-order valence-electron chi connectivity index (χ1n) is 9.99. The molecule has 0 N–H and O–H groups in total. The van der Waals surface area contributed by atoms with Gasteiger partial charge in [-0.15, -0.1) is 0 Å². The summed E-state index contributed by atoms with van der Waals surface area (Å²) in [5.74, 6) is 0. The maximum absolute atomic E-state index is 4.92. The molecule has 0 aliphatic carbocycles. The van der Waals surface area contributed by atoms with Crippen LogP contribution in [0, 0.1) is 0 Å². The monoisotopic (exact) mass is 419 g/mol. The summed E-state index contributed by atoms with van der Waals surface area (Å²) in [6.07, 6.45) is 0. The third kappa shape index (κ3) is 3.04. The molecule has 0 saturated heterocycles. The highest BCUT2D eigenvalue weighted by molar-refractivity contribution is 8.02. The molecule has 1 nitrogen and oxygen atoms in total. The maximum atomic E-state index is 4.92. The van der Waals surface area contributed by atoms with Crippen molar-refractivity contribution in [2.75, 3.05) is 0 Å². The minimum absolute atomic E-state index is 0.588. The number of para-hydroxylation sites is 1. The van der Waals surface area contributed by atoms with Gasteiger partial charge >= 0.3 is 0 Å². The predicted molar refractivity (Wildman–Crippen MR) is 130 cm³/mol. The van der Waals surface area contributed by atoms with Crippen LogP contribution in [0.3, 0.4) is 0 Å². The van der Waals surface area contributed by atoms with Gasteiger partial charge in [-0.25, -0.2) is 4.98 Å². The Hall–Kier alpha value is -2.93. The summed E-state index contributed by atoms with van der Waals surface area (Å²) in [5.41, 5.74) is 3.24. The SMILES string of the molecule is c1cc(-c2ccc3ccccc3n2)cc(P2c3ccccc3Sc3ccccc32)c1. The molecule has 0 fully saturated rings. The van der Waals surface area contributed by atoms with Gasteiger partial charge in [0.15, 0.2) is 0 Å². The van der Waals surface area contributed by atoms with Crippen molar-refractivity contribution in [2.45, 2.75) is 9.79 Å². The maximum Gasteiger partial charge on any atom is 0.0709 e. The summed E-state index contributed by atoms with van der Waals surface area (Å²) in [7, 11) is -0.588. The van der Waals surface area contributed by atoms with Crippen molar-refractivity contribution in [2.24, 2.45) is 0 Å². The number of hydrogen-bond donors (Lipinski definition) is 0. The lowest BCUT2D eigenvalue weighted by Gasteiger charge is -2.28. The van der Waals surface area contributed by atoms with Gasteiger partial charge in [-0.05, 0) is 54.2 Å². The van der Waals surface area contributed by atoms with Crippen LogP contribution in [-0.2, 0) is 0 Å². The Balaban J connectivity index is 1.51. The molecular formula is C27H18NPS. The Morgan fingerprint density at radius 1 is 0.600 bits per heavy atom. The molecule has 0 spiro atoms. The Kier molecular flexibility index (Phi) is 4.41. The molecule has 4 aromatic carbocycles. The van der Waals surface area contributed by atoms with E-state index in [0.29, 0.717) is 0 Å². The smallest absolute Gasteiger partial charge is 0.0709 e. The second-order valence-electron chi connectivity index (χ2n) is 7.31. The zero-order chi connectivity index (χ0) is 19.9. The molecule has 2 heterocycles. The van der Waals surface area contributed by atoms with E-state index in [1.54, 1.807) is 0 Å². The fraction of sp³-hybridized carbons (Fsp3) is 0. The van der Waals surface area contributed by atoms with Crippen molar-refractivity contribution in [1.29, 1.82) is 0 Å². The van der Waals surface area contributed by atoms with E-state index in [-0.39, 0.29) is 0 Å². The zero-order valence-corrected chi connectivity index (χ0v) is 17.9. The Morgan fingerprint density at radius 2 is 1.30 bits per heavy atom. The van der Waals surface area contributed by atoms with Crippen molar-refractivity contribution in [1.82, 2.24) is 4.98 Å². The quantitative estimate of drug-likeness (QED) is 0.313. The lowest BCUT2D eigenvalue weighted by Crippen LogP contribution is -2.26. The first-order chi connectivity index (χ1) is 14.9. The number of aromatic nitrogens is 1. The number of pyridine rings is 1. The second-order valence-corrected chi connectivity index (χ2v) is 10.5. The van der Waals surface area contributed by atoms with Crippen LogP contribution in [0.1, 0.15) is 0 Å². The van der Waals surface area contributed by atoms with Gasteiger partial charge in [-0.1, -0.05) is 90.6 Å². The number of nitrogens with zero attached hydrogens (tertiary/aromatic N) is 1. The van der Waals surface area contributed by atoms with Gasteiger partial charge in [-0.3, -0.25) is 0 Å². The Morgan fingerprint density at radius 3 is 2.10 bits per heavy atom. The van der Waals surface area contributed by atoms with Crippen LogP contribution in [0.25, 0.3) is 22.2 Å². The molecule has 5 aromatic rings. The topological polar surface area (TPSA) is 12.9 Å². The molecule has 1 aliphatic rings. The average molecular weight is 419 g/mol. The van der Waals surface area contributed by atoms with Crippen LogP contribution < -0.4 is 15.9 Å². The molecular weight excluding hydrogens is 401 g/mol. The highest BCUT2D eigenvalue weighted by Crippen LogP contribution is 2.46. The molecule has 1 aromatic heterocycles. The summed E-state index contributed by atoms with van der Waals surface area (Å²) >= 11 is 1.89. The van der Waals surface area contributed by atoms with E-state index in [9.17, 15) is 0 Å². The number of hydrogen-bond acceptors (Lipinski definition) is 2. The molecule has 3 heteroatoms. The standard InChI is InChI=1S/C27H18NPS/c1-2-11-22-19(8-1)16-17-23(28-22)20-9-7-10-21(18-20)29-24-12-3-5-14-26(24)30-27-15-6-4-13-25(27)29/h1-18H.